The van der Waals surface area contributed by atoms with E-state index in [2.05, 4.69) is 18.2 Å². The number of ether oxygens (including phenoxy) is 1. The van der Waals surface area contributed by atoms with Gasteiger partial charge in [0, 0.05) is 38.0 Å². The lowest BCUT2D eigenvalue weighted by Crippen LogP contribution is -2.39. The molecule has 0 aliphatic carbocycles. The van der Waals surface area contributed by atoms with Crippen molar-refractivity contribution in [2.45, 2.75) is 57.1 Å². The summed E-state index contributed by atoms with van der Waals surface area (Å²) >= 11 is 1.69. The van der Waals surface area contributed by atoms with Gasteiger partial charge in [-0.1, -0.05) is 30.3 Å². The van der Waals surface area contributed by atoms with E-state index in [4.69, 9.17) is 4.74 Å². The second-order valence-electron chi connectivity index (χ2n) is 9.76. The van der Waals surface area contributed by atoms with Gasteiger partial charge in [-0.15, -0.1) is 11.8 Å². The monoisotopic (exact) mass is 496 g/mol. The molecule has 7 heteroatoms. The number of amides is 2. The number of hydrogen-bond acceptors (Lipinski definition) is 5. The van der Waals surface area contributed by atoms with Crippen LogP contribution in [-0.2, 0) is 16.1 Å². The molecule has 0 fully saturated rings. The Hall–Kier alpha value is -2.93. The zero-order chi connectivity index (χ0) is 25.4. The highest BCUT2D eigenvalue weighted by Gasteiger charge is 2.24. The Balaban J connectivity index is 1.52. The van der Waals surface area contributed by atoms with Gasteiger partial charge >= 0.3 is 6.09 Å². The highest BCUT2D eigenvalue weighted by molar-refractivity contribution is 7.99. The maximum atomic E-state index is 12.7. The summed E-state index contributed by atoms with van der Waals surface area (Å²) in [7, 11) is 1.85. The molecule has 0 aromatic heterocycles. The van der Waals surface area contributed by atoms with Crippen molar-refractivity contribution < 1.29 is 19.4 Å². The topological polar surface area (TPSA) is 70.1 Å². The van der Waals surface area contributed by atoms with Crippen LogP contribution in [0.4, 0.5) is 4.79 Å². The summed E-state index contributed by atoms with van der Waals surface area (Å²) in [4.78, 5) is 29.7. The number of rotatable bonds is 8. The van der Waals surface area contributed by atoms with E-state index >= 15 is 0 Å². The van der Waals surface area contributed by atoms with Crippen LogP contribution in [0.2, 0.25) is 0 Å². The minimum Gasteiger partial charge on any atom is -0.508 e. The van der Waals surface area contributed by atoms with E-state index in [-0.39, 0.29) is 17.7 Å². The number of carbonyl (C=O) groups is 2. The molecule has 0 saturated carbocycles. The zero-order valence-corrected chi connectivity index (χ0v) is 21.9. The predicted molar refractivity (Wildman–Crippen MR) is 141 cm³/mol. The Kier molecular flexibility index (Phi) is 9.26. The fourth-order valence-electron chi connectivity index (χ4n) is 3.87. The van der Waals surface area contributed by atoms with Gasteiger partial charge in [0.2, 0.25) is 5.91 Å². The molecule has 1 N–H and O–H groups in total. The van der Waals surface area contributed by atoms with E-state index in [1.54, 1.807) is 33.7 Å². The maximum Gasteiger partial charge on any atom is 0.410 e. The third kappa shape index (κ3) is 8.35. The largest absolute Gasteiger partial charge is 0.508 e. The number of thioether (sulfide) groups is 1. The Morgan fingerprint density at radius 2 is 1.83 bits per heavy atom. The molecule has 0 saturated heterocycles. The molecule has 0 spiro atoms. The molecule has 2 aromatic carbocycles. The fourth-order valence-corrected chi connectivity index (χ4v) is 4.72. The zero-order valence-electron chi connectivity index (χ0n) is 21.1. The molecule has 2 amide bonds. The highest BCUT2D eigenvalue weighted by Crippen LogP contribution is 2.27. The summed E-state index contributed by atoms with van der Waals surface area (Å²) in [5.41, 5.74) is 2.94. The number of hydrogen-bond donors (Lipinski definition) is 1. The Bertz CT molecular complexity index is 1040. The molecule has 1 aliphatic rings. The normalized spacial score (nSPS) is 13.8. The Morgan fingerprint density at radius 3 is 2.49 bits per heavy atom. The number of benzene rings is 2. The van der Waals surface area contributed by atoms with Crippen LogP contribution in [0.3, 0.4) is 0 Å². The molecule has 1 aliphatic heterocycles. The minimum absolute atomic E-state index is 0.125. The highest BCUT2D eigenvalue weighted by atomic mass is 32.2. The summed E-state index contributed by atoms with van der Waals surface area (Å²) < 4.78 is 5.49. The molecule has 188 valence electrons. The van der Waals surface area contributed by atoms with Crippen molar-refractivity contribution in [3.05, 3.63) is 65.7 Å². The van der Waals surface area contributed by atoms with Crippen molar-refractivity contribution in [1.29, 1.82) is 0 Å². The lowest BCUT2D eigenvalue weighted by Gasteiger charge is -2.30. The molecule has 35 heavy (non-hydrogen) atoms. The van der Waals surface area contributed by atoms with Crippen molar-refractivity contribution >= 4 is 29.3 Å². The van der Waals surface area contributed by atoms with Crippen molar-refractivity contribution in [3.63, 3.8) is 0 Å². The van der Waals surface area contributed by atoms with Gasteiger partial charge in [0.25, 0.3) is 0 Å². The van der Waals surface area contributed by atoms with Crippen LogP contribution < -0.4 is 0 Å². The van der Waals surface area contributed by atoms with Gasteiger partial charge in [0.05, 0.1) is 0 Å². The second-order valence-corrected chi connectivity index (χ2v) is 10.9. The fraction of sp³-hybridized carbons (Fsp3) is 0.429. The van der Waals surface area contributed by atoms with Crippen LogP contribution in [0.1, 0.15) is 51.2 Å². The predicted octanol–water partition coefficient (Wildman–Crippen LogP) is 5.95. The number of nitrogens with zero attached hydrogens (tertiary/aromatic N) is 2. The first-order chi connectivity index (χ1) is 16.6. The molecule has 1 heterocycles. The SMILES string of the molecule is CN(Cc1ccccc1C1=CCN(C(=O)OC(C)(C)C)CC1)C(=O)CCCSc1ccc(O)cc1. The molecule has 0 radical (unpaired) electrons. The lowest BCUT2D eigenvalue weighted by molar-refractivity contribution is -0.130. The first kappa shape index (κ1) is 26.7. The first-order valence-corrected chi connectivity index (χ1v) is 13.0. The van der Waals surface area contributed by atoms with Gasteiger partial charge in [-0.25, -0.2) is 4.79 Å². The quantitative estimate of drug-likeness (QED) is 0.361. The van der Waals surface area contributed by atoms with Crippen molar-refractivity contribution in [1.82, 2.24) is 9.80 Å². The standard InChI is InChI=1S/C28H36N2O4S/c1-28(2,3)34-27(33)30-17-15-21(16-18-30)25-9-6-5-8-22(25)20-29(4)26(32)10-7-19-35-24-13-11-23(31)12-14-24/h5-6,8-9,11-15,31H,7,10,16-20H2,1-4H3. The van der Waals surface area contributed by atoms with Gasteiger partial charge in [-0.3, -0.25) is 4.79 Å². The number of carbonyl (C=O) groups excluding carboxylic acids is 2. The van der Waals surface area contributed by atoms with Crippen LogP contribution in [0, 0.1) is 0 Å². The maximum absolute atomic E-state index is 12.7. The van der Waals surface area contributed by atoms with E-state index in [1.165, 1.54) is 5.57 Å². The van der Waals surface area contributed by atoms with E-state index in [9.17, 15) is 14.7 Å². The third-order valence-electron chi connectivity index (χ3n) is 5.70. The molecule has 0 atom stereocenters. The number of phenolic OH excluding ortho intramolecular Hbond substituents is 1. The smallest absolute Gasteiger partial charge is 0.410 e. The van der Waals surface area contributed by atoms with E-state index in [0.29, 0.717) is 26.1 Å². The van der Waals surface area contributed by atoms with Crippen LogP contribution in [0.15, 0.2) is 59.5 Å². The van der Waals surface area contributed by atoms with E-state index < -0.39 is 5.60 Å². The van der Waals surface area contributed by atoms with Crippen LogP contribution in [0.25, 0.3) is 5.57 Å². The average molecular weight is 497 g/mol. The average Bonchev–Trinajstić information content (AvgIpc) is 2.82. The second kappa shape index (κ2) is 12.2. The van der Waals surface area contributed by atoms with Gasteiger partial charge in [0.1, 0.15) is 11.4 Å². The summed E-state index contributed by atoms with van der Waals surface area (Å²) in [6.07, 6.45) is 3.85. The Labute approximate surface area is 213 Å². The van der Waals surface area contributed by atoms with Gasteiger partial charge in [-0.05, 0) is 80.3 Å². The summed E-state index contributed by atoms with van der Waals surface area (Å²) in [6, 6.07) is 15.3. The molecule has 0 unspecified atom stereocenters. The Morgan fingerprint density at radius 1 is 1.11 bits per heavy atom. The van der Waals surface area contributed by atoms with Crippen molar-refractivity contribution in [2.24, 2.45) is 0 Å². The van der Waals surface area contributed by atoms with Crippen LogP contribution in [-0.4, -0.2) is 58.4 Å². The molecule has 2 aromatic rings. The van der Waals surface area contributed by atoms with Crippen LogP contribution >= 0.6 is 11.8 Å². The molecule has 6 nitrogen and oxygen atoms in total. The molecular weight excluding hydrogens is 460 g/mol. The number of phenols is 1. The minimum atomic E-state index is -0.505. The molecule has 3 rings (SSSR count). The first-order valence-electron chi connectivity index (χ1n) is 12.0. The van der Waals surface area contributed by atoms with Crippen molar-refractivity contribution in [3.8, 4) is 5.75 Å². The van der Waals surface area contributed by atoms with Gasteiger partial charge < -0.3 is 19.6 Å². The molecular formula is C28H36N2O4S. The number of aromatic hydroxyl groups is 1. The van der Waals surface area contributed by atoms with Gasteiger partial charge in [0.15, 0.2) is 0 Å². The third-order valence-corrected chi connectivity index (χ3v) is 6.80. The summed E-state index contributed by atoms with van der Waals surface area (Å²) in [5.74, 6) is 1.23. The van der Waals surface area contributed by atoms with Crippen molar-refractivity contribution in [2.75, 3.05) is 25.9 Å². The van der Waals surface area contributed by atoms with E-state index in [0.717, 1.165) is 34.6 Å². The lowest BCUT2D eigenvalue weighted by atomic mass is 9.94. The van der Waals surface area contributed by atoms with Gasteiger partial charge in [-0.2, -0.15) is 0 Å². The summed E-state index contributed by atoms with van der Waals surface area (Å²) in [5, 5.41) is 9.37. The van der Waals surface area contributed by atoms with E-state index in [1.807, 2.05) is 52.1 Å². The van der Waals surface area contributed by atoms with Crippen LogP contribution in [0.5, 0.6) is 5.75 Å². The summed E-state index contributed by atoms with van der Waals surface area (Å²) in [6.45, 7) is 7.30. The molecule has 0 bridgehead atoms.